The fraction of sp³-hybridized carbons (Fsp3) is 0.565. The molecular weight excluding hydrogens is 399 g/mol. The van der Waals surface area contributed by atoms with Crippen LogP contribution in [0.1, 0.15) is 53.5 Å². The molecule has 4 rings (SSSR count). The first kappa shape index (κ1) is 21.8. The van der Waals surface area contributed by atoms with Gasteiger partial charge in [-0.25, -0.2) is 4.39 Å². The standard InChI is InChI=1S/C23H31FN4O3/c1-4-9-25-22(29)21-18-15-31-23(13-20(18)27(2)26-21)7-10-28(11-8-23)14-16-5-6-17(30-3)12-19(16)24/h5-6,12H,4,7-11,13-15H2,1-3H3,(H,25,29). The van der Waals surface area contributed by atoms with Gasteiger partial charge in [-0.1, -0.05) is 13.0 Å². The van der Waals surface area contributed by atoms with Gasteiger partial charge in [0, 0.05) is 62.5 Å². The first-order chi connectivity index (χ1) is 14.9. The van der Waals surface area contributed by atoms with Crippen LogP contribution in [-0.2, 0) is 31.4 Å². The summed E-state index contributed by atoms with van der Waals surface area (Å²) in [6.07, 6.45) is 3.37. The Hall–Kier alpha value is -2.45. The zero-order chi connectivity index (χ0) is 22.0. The number of benzene rings is 1. The second-order valence-corrected chi connectivity index (χ2v) is 8.54. The molecule has 2 aliphatic heterocycles. The van der Waals surface area contributed by atoms with E-state index in [0.717, 1.165) is 50.0 Å². The first-order valence-electron chi connectivity index (χ1n) is 11.0. The highest BCUT2D eigenvalue weighted by atomic mass is 19.1. The van der Waals surface area contributed by atoms with E-state index >= 15 is 0 Å². The molecule has 1 amide bonds. The quantitative estimate of drug-likeness (QED) is 0.763. The molecule has 1 fully saturated rings. The van der Waals surface area contributed by atoms with E-state index < -0.39 is 0 Å². The monoisotopic (exact) mass is 430 g/mol. The maximum Gasteiger partial charge on any atom is 0.272 e. The molecule has 0 bridgehead atoms. The average Bonchev–Trinajstić information content (AvgIpc) is 3.10. The maximum absolute atomic E-state index is 14.3. The van der Waals surface area contributed by atoms with Gasteiger partial charge in [-0.2, -0.15) is 5.10 Å². The lowest BCUT2D eigenvalue weighted by atomic mass is 9.83. The summed E-state index contributed by atoms with van der Waals surface area (Å²) in [5, 5.41) is 7.39. The Balaban J connectivity index is 1.40. The highest BCUT2D eigenvalue weighted by Gasteiger charge is 2.41. The lowest BCUT2D eigenvalue weighted by Crippen LogP contribution is -2.49. The molecule has 1 aromatic carbocycles. The zero-order valence-electron chi connectivity index (χ0n) is 18.5. The Labute approximate surface area is 182 Å². The van der Waals surface area contributed by atoms with Gasteiger partial charge in [-0.05, 0) is 25.3 Å². The van der Waals surface area contributed by atoms with Crippen LogP contribution in [0.25, 0.3) is 0 Å². The van der Waals surface area contributed by atoms with E-state index in [4.69, 9.17) is 9.47 Å². The molecule has 168 valence electrons. The third kappa shape index (κ3) is 4.45. The fourth-order valence-corrected chi connectivity index (χ4v) is 4.53. The van der Waals surface area contributed by atoms with Crippen molar-refractivity contribution in [1.82, 2.24) is 20.0 Å². The van der Waals surface area contributed by atoms with Crippen LogP contribution in [0.3, 0.4) is 0 Å². The van der Waals surface area contributed by atoms with Gasteiger partial charge in [-0.3, -0.25) is 14.4 Å². The van der Waals surface area contributed by atoms with Crippen molar-refractivity contribution in [1.29, 1.82) is 0 Å². The van der Waals surface area contributed by atoms with Gasteiger partial charge in [0.05, 0.1) is 19.3 Å². The van der Waals surface area contributed by atoms with E-state index in [1.807, 2.05) is 18.7 Å². The number of nitrogens with one attached hydrogen (secondary N) is 1. The SMILES string of the molecule is CCCNC(=O)c1nn(C)c2c1COC1(CCN(Cc3ccc(OC)cc3F)CC1)C2. The number of methoxy groups -OCH3 is 1. The number of aromatic nitrogens is 2. The van der Waals surface area contributed by atoms with Crippen LogP contribution in [0, 0.1) is 5.82 Å². The van der Waals surface area contributed by atoms with Crippen LogP contribution in [0.5, 0.6) is 5.75 Å². The van der Waals surface area contributed by atoms with Crippen molar-refractivity contribution >= 4 is 5.91 Å². The van der Waals surface area contributed by atoms with Gasteiger partial charge in [0.15, 0.2) is 5.69 Å². The smallest absolute Gasteiger partial charge is 0.272 e. The predicted molar refractivity (Wildman–Crippen MR) is 115 cm³/mol. The summed E-state index contributed by atoms with van der Waals surface area (Å²) < 4.78 is 27.6. The van der Waals surface area contributed by atoms with Crippen molar-refractivity contribution in [3.63, 3.8) is 0 Å². The Morgan fingerprint density at radius 1 is 1.35 bits per heavy atom. The second kappa shape index (κ2) is 8.96. The number of fused-ring (bicyclic) bond motifs is 1. The highest BCUT2D eigenvalue weighted by molar-refractivity contribution is 5.94. The van der Waals surface area contributed by atoms with Crippen LogP contribution in [0.15, 0.2) is 18.2 Å². The fourth-order valence-electron chi connectivity index (χ4n) is 4.53. The largest absolute Gasteiger partial charge is 0.497 e. The minimum Gasteiger partial charge on any atom is -0.497 e. The van der Waals surface area contributed by atoms with Crippen LogP contribution in [0.4, 0.5) is 4.39 Å². The van der Waals surface area contributed by atoms with Gasteiger partial charge < -0.3 is 14.8 Å². The lowest BCUT2D eigenvalue weighted by Gasteiger charge is -2.44. The Morgan fingerprint density at radius 3 is 2.81 bits per heavy atom. The van der Waals surface area contributed by atoms with Crippen LogP contribution >= 0.6 is 0 Å². The summed E-state index contributed by atoms with van der Waals surface area (Å²) in [5.41, 5.74) is 2.91. The Morgan fingerprint density at radius 2 is 2.13 bits per heavy atom. The van der Waals surface area contributed by atoms with Gasteiger partial charge >= 0.3 is 0 Å². The molecule has 8 heteroatoms. The van der Waals surface area contributed by atoms with Crippen molar-refractivity contribution in [2.24, 2.45) is 7.05 Å². The molecule has 0 unspecified atom stereocenters. The molecule has 1 aromatic heterocycles. The van der Waals surface area contributed by atoms with E-state index in [1.54, 1.807) is 12.1 Å². The summed E-state index contributed by atoms with van der Waals surface area (Å²) in [5.74, 6) is 0.167. The van der Waals surface area contributed by atoms with E-state index in [0.29, 0.717) is 36.7 Å². The van der Waals surface area contributed by atoms with Crippen molar-refractivity contribution in [2.75, 3.05) is 26.7 Å². The van der Waals surface area contributed by atoms with E-state index in [1.165, 1.54) is 13.2 Å². The Kier molecular flexibility index (Phi) is 6.29. The topological polar surface area (TPSA) is 68.6 Å². The minimum absolute atomic E-state index is 0.130. The van der Waals surface area contributed by atoms with E-state index in [2.05, 4.69) is 15.3 Å². The molecule has 2 aliphatic rings. The number of carbonyl (C=O) groups is 1. The van der Waals surface area contributed by atoms with Crippen LogP contribution in [-0.4, -0.2) is 52.9 Å². The van der Waals surface area contributed by atoms with Gasteiger partial charge in [0.25, 0.3) is 5.91 Å². The molecule has 0 aliphatic carbocycles. The summed E-state index contributed by atoms with van der Waals surface area (Å²) in [4.78, 5) is 14.7. The number of nitrogens with zero attached hydrogens (tertiary/aromatic N) is 3. The number of hydrogen-bond donors (Lipinski definition) is 1. The summed E-state index contributed by atoms with van der Waals surface area (Å²) in [6, 6.07) is 5.03. The molecule has 1 spiro atoms. The van der Waals surface area contributed by atoms with E-state index in [9.17, 15) is 9.18 Å². The third-order valence-corrected chi connectivity index (χ3v) is 6.46. The molecule has 0 radical (unpaired) electrons. The normalized spacial score (nSPS) is 18.1. The zero-order valence-corrected chi connectivity index (χ0v) is 18.5. The van der Waals surface area contributed by atoms with Gasteiger partial charge in [-0.15, -0.1) is 0 Å². The Bertz CT molecular complexity index is 951. The number of likely N-dealkylation sites (tertiary alicyclic amines) is 1. The van der Waals surface area contributed by atoms with Crippen molar-refractivity contribution in [3.05, 3.63) is 46.5 Å². The molecule has 0 atom stereocenters. The molecule has 0 saturated carbocycles. The van der Waals surface area contributed by atoms with E-state index in [-0.39, 0.29) is 17.3 Å². The molecule has 31 heavy (non-hydrogen) atoms. The third-order valence-electron chi connectivity index (χ3n) is 6.46. The number of piperidine rings is 1. The predicted octanol–water partition coefficient (Wildman–Crippen LogP) is 2.82. The number of halogens is 1. The number of ether oxygens (including phenoxy) is 2. The number of aryl methyl sites for hydroxylation is 1. The number of rotatable bonds is 6. The second-order valence-electron chi connectivity index (χ2n) is 8.54. The van der Waals surface area contributed by atoms with Crippen molar-refractivity contribution in [3.8, 4) is 5.75 Å². The average molecular weight is 431 g/mol. The van der Waals surface area contributed by atoms with Gasteiger partial charge in [0.1, 0.15) is 11.6 Å². The van der Waals surface area contributed by atoms with Gasteiger partial charge in [0.2, 0.25) is 0 Å². The number of carbonyl (C=O) groups excluding carboxylic acids is 1. The lowest BCUT2D eigenvalue weighted by molar-refractivity contribution is -0.104. The molecule has 7 nitrogen and oxygen atoms in total. The number of amides is 1. The molecular formula is C23H31FN4O3. The van der Waals surface area contributed by atoms with Crippen molar-refractivity contribution < 1.29 is 18.7 Å². The summed E-state index contributed by atoms with van der Waals surface area (Å²) in [7, 11) is 3.44. The van der Waals surface area contributed by atoms with Crippen LogP contribution < -0.4 is 10.1 Å². The maximum atomic E-state index is 14.3. The number of hydrogen-bond acceptors (Lipinski definition) is 5. The first-order valence-corrected chi connectivity index (χ1v) is 11.0. The summed E-state index contributed by atoms with van der Waals surface area (Å²) in [6.45, 7) is 5.32. The van der Waals surface area contributed by atoms with Crippen molar-refractivity contribution in [2.45, 2.75) is 51.4 Å². The molecule has 1 N–H and O–H groups in total. The molecule has 3 heterocycles. The molecule has 2 aromatic rings. The minimum atomic E-state index is -0.243. The molecule has 1 saturated heterocycles. The highest BCUT2D eigenvalue weighted by Crippen LogP contribution is 2.37. The van der Waals surface area contributed by atoms with Crippen LogP contribution in [0.2, 0.25) is 0 Å². The summed E-state index contributed by atoms with van der Waals surface area (Å²) >= 11 is 0.